The molecule has 9 heteroatoms. The van der Waals surface area contributed by atoms with Crippen molar-refractivity contribution >= 4 is 39.1 Å². The van der Waals surface area contributed by atoms with Crippen molar-refractivity contribution in [3.63, 3.8) is 0 Å². The largest absolute Gasteiger partial charge is 0.357 e. The predicted octanol–water partition coefficient (Wildman–Crippen LogP) is 5.54. The van der Waals surface area contributed by atoms with Crippen molar-refractivity contribution in [1.29, 1.82) is 0 Å². The molecule has 218 valence electrons. The quantitative estimate of drug-likeness (QED) is 0.244. The Labute approximate surface area is 252 Å². The average molecular weight is 604 g/mol. The average Bonchev–Trinajstić information content (AvgIpc) is 3.00. The molecule has 0 aliphatic carbocycles. The fourth-order valence-corrected chi connectivity index (χ4v) is 6.20. The number of rotatable bonds is 11. The van der Waals surface area contributed by atoms with Crippen molar-refractivity contribution in [2.75, 3.05) is 17.9 Å². The van der Waals surface area contributed by atoms with Gasteiger partial charge in [0, 0.05) is 25.0 Å². The molecule has 4 aromatic rings. The Kier molecular flexibility index (Phi) is 10.0. The van der Waals surface area contributed by atoms with E-state index in [0.29, 0.717) is 5.02 Å². The molecule has 0 saturated carbocycles. The molecule has 2 amide bonds. The minimum atomic E-state index is -4.17. The van der Waals surface area contributed by atoms with E-state index in [0.717, 1.165) is 26.6 Å². The molecule has 42 heavy (non-hydrogen) atoms. The molecule has 7 nitrogen and oxygen atoms in total. The van der Waals surface area contributed by atoms with Gasteiger partial charge in [-0.2, -0.15) is 0 Å². The lowest BCUT2D eigenvalue weighted by molar-refractivity contribution is -0.139. The Morgan fingerprint density at radius 3 is 2.05 bits per heavy atom. The standard InChI is InChI=1S/C33H34ClN3O4S/c1-24-14-17-27(18-15-24)22-36(31(33(39)35-3)20-26-10-6-4-7-11-26)32(38)23-37(28-19-16-25(2)30(34)21-28)42(40,41)29-12-8-5-9-13-29/h4-19,21,31H,20,22-23H2,1-3H3,(H,35,39). The summed E-state index contributed by atoms with van der Waals surface area (Å²) in [6.45, 7) is 3.35. The molecule has 1 N–H and O–H groups in total. The van der Waals surface area contributed by atoms with Crippen LogP contribution in [0.15, 0.2) is 108 Å². The molecule has 0 fully saturated rings. The summed E-state index contributed by atoms with van der Waals surface area (Å²) in [5.41, 5.74) is 3.75. The highest BCUT2D eigenvalue weighted by Crippen LogP contribution is 2.29. The maximum absolute atomic E-state index is 14.3. The topological polar surface area (TPSA) is 86.8 Å². The number of sulfonamides is 1. The molecule has 1 unspecified atom stereocenters. The second-order valence-corrected chi connectivity index (χ2v) is 12.4. The van der Waals surface area contributed by atoms with E-state index in [1.54, 1.807) is 30.3 Å². The molecular formula is C33H34ClN3O4S. The van der Waals surface area contributed by atoms with Crippen molar-refractivity contribution in [3.05, 3.63) is 130 Å². The van der Waals surface area contributed by atoms with Crippen molar-refractivity contribution in [1.82, 2.24) is 10.2 Å². The Bertz CT molecular complexity index is 1630. The van der Waals surface area contributed by atoms with Gasteiger partial charge in [-0.1, -0.05) is 96.0 Å². The van der Waals surface area contributed by atoms with Crippen LogP contribution in [-0.2, 0) is 32.6 Å². The zero-order valence-corrected chi connectivity index (χ0v) is 25.4. The van der Waals surface area contributed by atoms with Gasteiger partial charge in [-0.3, -0.25) is 13.9 Å². The number of carbonyl (C=O) groups excluding carboxylic acids is 2. The van der Waals surface area contributed by atoms with Gasteiger partial charge in [0.1, 0.15) is 12.6 Å². The summed E-state index contributed by atoms with van der Waals surface area (Å²) in [5.74, 6) is -0.883. The van der Waals surface area contributed by atoms with Crippen LogP contribution in [0.25, 0.3) is 0 Å². The summed E-state index contributed by atoms with van der Waals surface area (Å²) < 4.78 is 29.0. The number of aryl methyl sites for hydroxylation is 2. The maximum atomic E-state index is 14.3. The van der Waals surface area contributed by atoms with Crippen LogP contribution in [-0.4, -0.2) is 44.8 Å². The van der Waals surface area contributed by atoms with E-state index in [2.05, 4.69) is 5.32 Å². The molecule has 0 aliphatic rings. The molecule has 0 aromatic heterocycles. The number of likely N-dealkylation sites (N-methyl/N-ethyl adjacent to an activating group) is 1. The van der Waals surface area contributed by atoms with Crippen LogP contribution in [0.4, 0.5) is 5.69 Å². The van der Waals surface area contributed by atoms with Gasteiger partial charge < -0.3 is 10.2 Å². The van der Waals surface area contributed by atoms with Crippen LogP contribution >= 0.6 is 11.6 Å². The van der Waals surface area contributed by atoms with E-state index in [-0.39, 0.29) is 29.5 Å². The Morgan fingerprint density at radius 1 is 0.833 bits per heavy atom. The smallest absolute Gasteiger partial charge is 0.264 e. The SMILES string of the molecule is CNC(=O)C(Cc1ccccc1)N(Cc1ccc(C)cc1)C(=O)CN(c1ccc(C)c(Cl)c1)S(=O)(=O)c1ccccc1. The first-order valence-electron chi connectivity index (χ1n) is 13.5. The van der Waals surface area contributed by atoms with E-state index < -0.39 is 28.5 Å². The van der Waals surface area contributed by atoms with E-state index in [9.17, 15) is 18.0 Å². The van der Waals surface area contributed by atoms with E-state index >= 15 is 0 Å². The van der Waals surface area contributed by atoms with E-state index in [1.807, 2.05) is 68.4 Å². The number of carbonyl (C=O) groups is 2. The first-order chi connectivity index (χ1) is 20.1. The van der Waals surface area contributed by atoms with Crippen LogP contribution in [0.2, 0.25) is 5.02 Å². The van der Waals surface area contributed by atoms with E-state index in [1.165, 1.54) is 30.1 Å². The predicted molar refractivity (Wildman–Crippen MR) is 167 cm³/mol. The fraction of sp³-hybridized carbons (Fsp3) is 0.212. The Hall–Kier alpha value is -4.14. The lowest BCUT2D eigenvalue weighted by Crippen LogP contribution is -2.53. The van der Waals surface area contributed by atoms with Crippen LogP contribution < -0.4 is 9.62 Å². The third kappa shape index (κ3) is 7.38. The number of nitrogens with one attached hydrogen (secondary N) is 1. The second-order valence-electron chi connectivity index (χ2n) is 10.1. The summed E-state index contributed by atoms with van der Waals surface area (Å²) in [5, 5.41) is 3.06. The van der Waals surface area contributed by atoms with Crippen LogP contribution in [0.3, 0.4) is 0 Å². The molecule has 4 aromatic carbocycles. The number of nitrogens with zero attached hydrogens (tertiary/aromatic N) is 2. The van der Waals surface area contributed by atoms with E-state index in [4.69, 9.17) is 11.6 Å². The van der Waals surface area contributed by atoms with Gasteiger partial charge in [0.2, 0.25) is 11.8 Å². The highest BCUT2D eigenvalue weighted by atomic mass is 35.5. The van der Waals surface area contributed by atoms with Crippen LogP contribution in [0, 0.1) is 13.8 Å². The molecule has 0 heterocycles. The minimum Gasteiger partial charge on any atom is -0.357 e. The van der Waals surface area contributed by atoms with Gasteiger partial charge in [0.05, 0.1) is 10.6 Å². The van der Waals surface area contributed by atoms with Gasteiger partial charge in [-0.15, -0.1) is 0 Å². The molecule has 0 radical (unpaired) electrons. The number of hydrogen-bond donors (Lipinski definition) is 1. The van der Waals surface area contributed by atoms with Gasteiger partial charge >= 0.3 is 0 Å². The number of anilines is 1. The van der Waals surface area contributed by atoms with Crippen molar-refractivity contribution in [3.8, 4) is 0 Å². The van der Waals surface area contributed by atoms with Gasteiger partial charge in [-0.05, 0) is 54.8 Å². The number of halogens is 1. The maximum Gasteiger partial charge on any atom is 0.264 e. The summed E-state index contributed by atoms with van der Waals surface area (Å²) in [6, 6.07) is 29.0. The molecule has 1 atom stereocenters. The highest BCUT2D eigenvalue weighted by Gasteiger charge is 2.34. The normalized spacial score (nSPS) is 11.9. The minimum absolute atomic E-state index is 0.0340. The zero-order valence-electron chi connectivity index (χ0n) is 23.8. The fourth-order valence-electron chi connectivity index (χ4n) is 4.60. The second kappa shape index (κ2) is 13.7. The monoisotopic (exact) mass is 603 g/mol. The summed E-state index contributed by atoms with van der Waals surface area (Å²) >= 11 is 6.40. The Morgan fingerprint density at radius 2 is 1.45 bits per heavy atom. The molecule has 0 saturated heterocycles. The molecule has 4 rings (SSSR count). The number of hydrogen-bond acceptors (Lipinski definition) is 4. The molecule has 0 bridgehead atoms. The zero-order chi connectivity index (χ0) is 30.3. The van der Waals surface area contributed by atoms with Crippen molar-refractivity contribution in [2.45, 2.75) is 37.8 Å². The van der Waals surface area contributed by atoms with Crippen LogP contribution in [0.5, 0.6) is 0 Å². The van der Waals surface area contributed by atoms with Gasteiger partial charge in [-0.25, -0.2) is 8.42 Å². The van der Waals surface area contributed by atoms with Crippen LogP contribution in [0.1, 0.15) is 22.3 Å². The number of benzene rings is 4. The number of amides is 2. The van der Waals surface area contributed by atoms with Gasteiger partial charge in [0.15, 0.2) is 0 Å². The summed E-state index contributed by atoms with van der Waals surface area (Å²) in [6.07, 6.45) is 0.250. The van der Waals surface area contributed by atoms with Crippen molar-refractivity contribution < 1.29 is 18.0 Å². The molecule has 0 aliphatic heterocycles. The summed E-state index contributed by atoms with van der Waals surface area (Å²) in [4.78, 5) is 29.1. The first-order valence-corrected chi connectivity index (χ1v) is 15.4. The third-order valence-corrected chi connectivity index (χ3v) is 9.24. The lowest BCUT2D eigenvalue weighted by atomic mass is 10.0. The first kappa shape index (κ1) is 30.8. The Balaban J connectivity index is 1.79. The third-order valence-electron chi connectivity index (χ3n) is 7.04. The summed E-state index contributed by atoms with van der Waals surface area (Å²) in [7, 11) is -2.65. The molecule has 0 spiro atoms. The van der Waals surface area contributed by atoms with Gasteiger partial charge in [0.25, 0.3) is 10.0 Å². The lowest BCUT2D eigenvalue weighted by Gasteiger charge is -2.33. The highest BCUT2D eigenvalue weighted by molar-refractivity contribution is 7.92. The van der Waals surface area contributed by atoms with Crippen molar-refractivity contribution in [2.24, 2.45) is 0 Å². The molecular weight excluding hydrogens is 570 g/mol.